The lowest BCUT2D eigenvalue weighted by Crippen LogP contribution is -2.29. The molecule has 0 aliphatic rings. The van der Waals surface area contributed by atoms with Gasteiger partial charge in [-0.1, -0.05) is 289 Å². The first-order chi connectivity index (χ1) is 67.1. The van der Waals surface area contributed by atoms with Crippen LogP contribution in [0.3, 0.4) is 0 Å². The number of phenols is 2. The number of aryl methyl sites for hydroxylation is 1. The van der Waals surface area contributed by atoms with Gasteiger partial charge in [0.2, 0.25) is 0 Å². The smallest absolute Gasteiger partial charge is 0.488 e. The highest BCUT2D eigenvalue weighted by Crippen LogP contribution is 2.47. The molecule has 20 rings (SSSR count). The Balaban J connectivity index is 0.000000129. The number of hydrogen-bond donors (Lipinski definition) is 5. The zero-order valence-corrected chi connectivity index (χ0v) is 84.7. The Morgan fingerprint density at radius 1 is 0.279 bits per heavy atom. The highest BCUT2D eigenvalue weighted by atomic mass is 79.9. The summed E-state index contributed by atoms with van der Waals surface area (Å²) in [5.74, 6) is 0.509. The van der Waals surface area contributed by atoms with Crippen LogP contribution in [0.2, 0.25) is 0 Å². The normalized spacial score (nSPS) is 11.3. The number of aromatic nitrogens is 4. The summed E-state index contributed by atoms with van der Waals surface area (Å²) >= 11 is 10.3. The molecule has 0 aliphatic heterocycles. The van der Waals surface area contributed by atoms with Gasteiger partial charge in [0.1, 0.15) is 31.5 Å². The van der Waals surface area contributed by atoms with Crippen LogP contribution in [0.25, 0.3) is 161 Å². The predicted molar refractivity (Wildman–Crippen MR) is 588 cm³/mol. The second-order valence-corrected chi connectivity index (χ2v) is 43.4. The van der Waals surface area contributed by atoms with E-state index < -0.39 is 7.12 Å². The van der Waals surface area contributed by atoms with E-state index in [2.05, 4.69) is 281 Å². The minimum Gasteiger partial charge on any atom is -0.507 e. The summed E-state index contributed by atoms with van der Waals surface area (Å²) in [5.41, 5.74) is 39.6. The number of nitrogens with two attached hydrogens (primary N) is 1. The van der Waals surface area contributed by atoms with E-state index in [1.54, 1.807) is 81.7 Å². The van der Waals surface area contributed by atoms with Crippen molar-refractivity contribution in [3.05, 3.63) is 394 Å². The van der Waals surface area contributed by atoms with E-state index in [-0.39, 0.29) is 33.2 Å². The van der Waals surface area contributed by atoms with Gasteiger partial charge in [-0.15, -0.1) is 45.3 Å². The first-order valence-electron chi connectivity index (χ1n) is 45.8. The number of hydrogen-bond acceptors (Lipinski definition) is 17. The minimum absolute atomic E-state index is 0.00952. The summed E-state index contributed by atoms with van der Waals surface area (Å²) < 4.78 is 5.63. The third kappa shape index (κ3) is 22.5. The van der Waals surface area contributed by atoms with Gasteiger partial charge in [-0.05, 0) is 272 Å². The van der Waals surface area contributed by atoms with Gasteiger partial charge < -0.3 is 26.0 Å². The number of nitriles is 4. The molecule has 0 aliphatic carbocycles. The molecule has 0 saturated carbocycles. The molecule has 0 amide bonds. The summed E-state index contributed by atoms with van der Waals surface area (Å²) in [4.78, 5) is 19.8. The van der Waals surface area contributed by atoms with Gasteiger partial charge >= 0.3 is 7.12 Å². The molecule has 4 aromatic heterocycles. The third-order valence-electron chi connectivity index (χ3n) is 24.4. The van der Waals surface area contributed by atoms with Crippen molar-refractivity contribution in [3.8, 4) is 156 Å². The Labute approximate surface area is 842 Å². The van der Waals surface area contributed by atoms with Crippen molar-refractivity contribution in [1.82, 2.24) is 19.9 Å². The lowest BCUT2D eigenvalue weighted by molar-refractivity contribution is 0.425. The summed E-state index contributed by atoms with van der Waals surface area (Å²) in [5, 5.41) is 77.8. The van der Waals surface area contributed by atoms with Gasteiger partial charge in [0.25, 0.3) is 0 Å². The number of aromatic hydroxyl groups is 2. The number of anilines is 1. The van der Waals surface area contributed by atoms with E-state index in [4.69, 9.17) is 51.8 Å². The van der Waals surface area contributed by atoms with Crippen molar-refractivity contribution in [2.45, 2.75) is 112 Å². The molecular formula is C121H101BBrN9O4S4. The SMILES string of the molecule is CC(C)(C)c1cc(-c2ccc(-c3ccc(C#N)cc3)cc2)c2nc(-c3ccccc3N)sc2c1.CC(C)(C)c1cc(-c2ccc(-c3ccc(C#N)cc3)cc2)c2nc(-c3ccccc3O)sc2c1.CC(C)(C)c1cc(Br)c2nc(-c3ccccc3O)sc2c1.Cc1ccccc1-c1nc2c(-c3ccc(-c4ccc(C#N)cc4)cc3)cc(C(C)(C)C)cc2s1.N#Cc1ccc(-c2ccc(B(O)O)cc2)cc1. The monoisotopic (exact) mass is 1960 g/mol. The van der Waals surface area contributed by atoms with E-state index >= 15 is 0 Å². The van der Waals surface area contributed by atoms with Crippen molar-refractivity contribution >= 4 is 120 Å². The van der Waals surface area contributed by atoms with E-state index in [1.165, 1.54) is 43.6 Å². The second-order valence-electron chi connectivity index (χ2n) is 38.4. The first kappa shape index (κ1) is 98.0. The van der Waals surface area contributed by atoms with Crippen LogP contribution in [-0.2, 0) is 21.7 Å². The molecule has 0 saturated heterocycles. The highest BCUT2D eigenvalue weighted by molar-refractivity contribution is 9.10. The number of thiazole rings is 4. The molecular weight excluding hydrogens is 1860 g/mol. The van der Waals surface area contributed by atoms with Gasteiger partial charge in [-0.25, -0.2) is 19.9 Å². The van der Waals surface area contributed by atoms with Crippen LogP contribution in [0.5, 0.6) is 11.5 Å². The standard InChI is InChI=1S/C31H26N2S.C30H25N3S.C30H24N2OS.C17H16BrNOS.C13H10BNO2/c1-20-7-5-6-8-26(20)30-33-29-27(17-25(31(2,3)4)18-28(29)34-30)24-15-13-23(14-16-24)22-11-9-21(19-32)10-12-22;1-30(2,3)23-16-25(22-14-12-21(13-15-22)20-10-8-19(18-31)9-11-20)28-27(17-23)34-29(33-28)24-6-4-5-7-26(24)32;1-30(2,3)23-16-25(22-14-12-21(13-15-22)20-10-8-19(18-31)9-11-20)28-27(17-23)34-29(32-28)24-6-4-5-7-26(24)33;1-17(2,3)10-8-12(18)15-14(9-10)21-16(19-15)11-6-4-5-7-13(11)20;15-9-10-1-3-11(4-2-10)12-5-7-13(8-6-12)14(16)17/h5-18H,1-4H3;4-17H,32H2,1-3H3;4-17,33H,1-3H3;4-9,20H,1-3H3;1-8,16-17H. The van der Waals surface area contributed by atoms with Gasteiger partial charge in [0.15, 0.2) is 0 Å². The summed E-state index contributed by atoms with van der Waals surface area (Å²) in [6, 6.07) is 121. The molecule has 4 heterocycles. The summed E-state index contributed by atoms with van der Waals surface area (Å²) in [6.07, 6.45) is 0. The van der Waals surface area contributed by atoms with Gasteiger partial charge in [0.05, 0.1) is 98.5 Å². The number of nitrogens with zero attached hydrogens (tertiary/aromatic N) is 8. The van der Waals surface area contributed by atoms with Gasteiger partial charge in [-0.3, -0.25) is 0 Å². The molecule has 13 nitrogen and oxygen atoms in total. The fraction of sp³-hybridized carbons (Fsp3) is 0.140. The van der Waals surface area contributed by atoms with Crippen LogP contribution in [0.1, 0.15) is 133 Å². The topological polar surface area (TPSA) is 254 Å². The van der Waals surface area contributed by atoms with E-state index in [1.807, 2.05) is 158 Å². The van der Waals surface area contributed by atoms with Crippen molar-refractivity contribution in [2.75, 3.05) is 5.73 Å². The zero-order chi connectivity index (χ0) is 99.1. The zero-order valence-electron chi connectivity index (χ0n) is 79.9. The molecule has 16 aromatic carbocycles. The minimum atomic E-state index is -1.44. The van der Waals surface area contributed by atoms with Crippen LogP contribution >= 0.6 is 61.3 Å². The Morgan fingerprint density at radius 2 is 0.514 bits per heavy atom. The molecule has 0 spiro atoms. The van der Waals surface area contributed by atoms with Gasteiger partial charge in [0, 0.05) is 38.0 Å². The quantitative estimate of drug-likeness (QED) is 0.0564. The molecule has 0 bridgehead atoms. The third-order valence-corrected chi connectivity index (χ3v) is 29.2. The maximum Gasteiger partial charge on any atom is 0.488 e. The molecule has 0 unspecified atom stereocenters. The Hall–Kier alpha value is -15.1. The van der Waals surface area contributed by atoms with Crippen LogP contribution in [0, 0.1) is 52.2 Å². The van der Waals surface area contributed by atoms with Gasteiger partial charge in [-0.2, -0.15) is 21.0 Å². The molecule has 6 N–H and O–H groups in total. The Morgan fingerprint density at radius 3 is 0.800 bits per heavy atom. The van der Waals surface area contributed by atoms with E-state index in [0.29, 0.717) is 27.7 Å². The average Bonchev–Trinajstić information content (AvgIpc) is 1.63. The lowest BCUT2D eigenvalue weighted by Gasteiger charge is -2.20. The average molecular weight is 1960 g/mol. The van der Waals surface area contributed by atoms with Crippen LogP contribution in [0.4, 0.5) is 5.69 Å². The van der Waals surface area contributed by atoms with Crippen molar-refractivity contribution in [1.29, 1.82) is 21.0 Å². The number of halogens is 1. The predicted octanol–water partition coefficient (Wildman–Crippen LogP) is 31.6. The molecule has 0 radical (unpaired) electrons. The molecule has 140 heavy (non-hydrogen) atoms. The number of benzene rings is 16. The second kappa shape index (κ2) is 41.7. The number of rotatable bonds is 12. The van der Waals surface area contributed by atoms with Crippen LogP contribution in [-0.4, -0.2) is 47.3 Å². The largest absolute Gasteiger partial charge is 0.507 e. The summed E-state index contributed by atoms with van der Waals surface area (Å²) in [7, 11) is -1.44. The molecule has 688 valence electrons. The summed E-state index contributed by atoms with van der Waals surface area (Å²) in [6.45, 7) is 28.9. The fourth-order valence-electron chi connectivity index (χ4n) is 16.1. The molecule has 0 atom stereocenters. The van der Waals surface area contributed by atoms with E-state index in [9.17, 15) is 10.2 Å². The number of nitrogen functional groups attached to an aromatic ring is 1. The Bertz CT molecular complexity index is 7550. The highest BCUT2D eigenvalue weighted by Gasteiger charge is 2.27. The molecule has 0 fully saturated rings. The number of phenolic OH excluding ortho intramolecular Hbond substituents is 2. The molecule has 20 aromatic rings. The van der Waals surface area contributed by atoms with E-state index in [0.717, 1.165) is 155 Å². The Kier molecular flexibility index (Phi) is 29.2. The number of para-hydroxylation sites is 3. The van der Waals surface area contributed by atoms with Crippen LogP contribution in [0.15, 0.2) is 344 Å². The first-order valence-corrected chi connectivity index (χ1v) is 49.9. The van der Waals surface area contributed by atoms with Crippen molar-refractivity contribution in [3.63, 3.8) is 0 Å². The maximum absolute atomic E-state index is 10.4. The van der Waals surface area contributed by atoms with Crippen molar-refractivity contribution < 1.29 is 20.3 Å². The molecule has 19 heteroatoms. The van der Waals surface area contributed by atoms with Crippen LogP contribution < -0.4 is 11.2 Å². The number of fused-ring (bicyclic) bond motifs is 4. The fourth-order valence-corrected chi connectivity index (χ4v) is 21.1. The lowest BCUT2D eigenvalue weighted by atomic mass is 9.80. The van der Waals surface area contributed by atoms with Crippen molar-refractivity contribution in [2.24, 2.45) is 0 Å². The maximum atomic E-state index is 10.4.